The molecule has 0 radical (unpaired) electrons. The Morgan fingerprint density at radius 3 is 2.55 bits per heavy atom. The molecular weight excluding hydrogens is 503 g/mol. The average Bonchev–Trinajstić information content (AvgIpc) is 2.71. The van der Waals surface area contributed by atoms with Crippen LogP contribution in [0, 0.1) is 6.92 Å². The van der Waals surface area contributed by atoms with E-state index in [2.05, 4.69) is 5.32 Å². The lowest BCUT2D eigenvalue weighted by Crippen LogP contribution is -2.21. The number of rotatable bonds is 12. The van der Waals surface area contributed by atoms with E-state index < -0.39 is 44.1 Å². The van der Waals surface area contributed by atoms with E-state index in [1.165, 1.54) is 0 Å². The first kappa shape index (κ1) is 27.3. The minimum absolute atomic E-state index is 0.242. The van der Waals surface area contributed by atoms with Crippen LogP contribution in [-0.4, -0.2) is 50.7 Å². The molecule has 0 bridgehead atoms. The number of nitrogens with one attached hydrogen (secondary N) is 1. The molecule has 2 N–H and O–H groups in total. The molecule has 0 aliphatic rings. The van der Waals surface area contributed by atoms with E-state index in [0.717, 1.165) is 22.6 Å². The maximum Gasteiger partial charge on any atom is 0.417 e. The van der Waals surface area contributed by atoms with Gasteiger partial charge in [0.2, 0.25) is 0 Å². The van der Waals surface area contributed by atoms with Gasteiger partial charge in [-0.05, 0) is 61.9 Å². The predicted octanol–water partition coefficient (Wildman–Crippen LogP) is 4.68. The first-order valence-electron chi connectivity index (χ1n) is 9.78. The van der Waals surface area contributed by atoms with Crippen molar-refractivity contribution in [3.8, 4) is 5.75 Å². The standard InChI is InChI=1S/C21H23ClF3NO5S2/c1-14-11-15(3-6-19(14)31-13-20(27)28)32-9-8-26-7-2-10-33(29,30)16-4-5-18(22)17(12-16)21(23,24)25/h3-6,11-12,26H,2,7-10,13H2,1H3,(H,27,28). The summed E-state index contributed by atoms with van der Waals surface area (Å²) in [5, 5.41) is 11.2. The number of aryl methyl sites for hydroxylation is 1. The Labute approximate surface area is 199 Å². The molecule has 0 fully saturated rings. The summed E-state index contributed by atoms with van der Waals surface area (Å²) < 4.78 is 68.7. The number of halogens is 4. The van der Waals surface area contributed by atoms with E-state index in [0.29, 0.717) is 30.7 Å². The Hall–Kier alpha value is -1.95. The Balaban J connectivity index is 1.74. The molecule has 33 heavy (non-hydrogen) atoms. The van der Waals surface area contributed by atoms with Gasteiger partial charge < -0.3 is 15.2 Å². The Kier molecular flexibility index (Phi) is 9.89. The molecule has 2 rings (SSSR count). The van der Waals surface area contributed by atoms with Gasteiger partial charge in [0.15, 0.2) is 16.4 Å². The number of aliphatic carboxylic acids is 1. The fourth-order valence-electron chi connectivity index (χ4n) is 2.80. The van der Waals surface area contributed by atoms with Crippen molar-refractivity contribution in [2.75, 3.05) is 31.2 Å². The van der Waals surface area contributed by atoms with Gasteiger partial charge in [-0.2, -0.15) is 13.2 Å². The number of sulfone groups is 1. The highest BCUT2D eigenvalue weighted by molar-refractivity contribution is 7.99. The highest BCUT2D eigenvalue weighted by Crippen LogP contribution is 2.36. The summed E-state index contributed by atoms with van der Waals surface area (Å²) in [7, 11) is -3.87. The largest absolute Gasteiger partial charge is 0.482 e. The van der Waals surface area contributed by atoms with Crippen molar-refractivity contribution >= 4 is 39.2 Å². The lowest BCUT2D eigenvalue weighted by molar-refractivity contribution is -0.139. The lowest BCUT2D eigenvalue weighted by Gasteiger charge is -2.11. The van der Waals surface area contributed by atoms with Crippen molar-refractivity contribution in [3.63, 3.8) is 0 Å². The second kappa shape index (κ2) is 12.0. The number of thioether (sulfide) groups is 1. The summed E-state index contributed by atoms with van der Waals surface area (Å²) >= 11 is 7.10. The highest BCUT2D eigenvalue weighted by atomic mass is 35.5. The number of hydrogen-bond donors (Lipinski definition) is 2. The molecule has 0 saturated carbocycles. The van der Waals surface area contributed by atoms with Crippen LogP contribution in [-0.2, 0) is 20.8 Å². The van der Waals surface area contributed by atoms with Crippen molar-refractivity contribution < 1.29 is 36.2 Å². The summed E-state index contributed by atoms with van der Waals surface area (Å²) in [6, 6.07) is 8.01. The van der Waals surface area contributed by atoms with Gasteiger partial charge in [0.1, 0.15) is 5.75 Å². The number of benzene rings is 2. The van der Waals surface area contributed by atoms with Crippen LogP contribution < -0.4 is 10.1 Å². The molecule has 0 aliphatic carbocycles. The van der Waals surface area contributed by atoms with Crippen LogP contribution in [0.25, 0.3) is 0 Å². The van der Waals surface area contributed by atoms with E-state index in [-0.39, 0.29) is 12.2 Å². The number of carboxylic acid groups (broad SMARTS) is 1. The number of carbonyl (C=O) groups is 1. The van der Waals surface area contributed by atoms with Crippen molar-refractivity contribution in [3.05, 3.63) is 52.5 Å². The van der Waals surface area contributed by atoms with Crippen LogP contribution in [0.4, 0.5) is 13.2 Å². The maximum absolute atomic E-state index is 13.0. The van der Waals surface area contributed by atoms with E-state index in [1.54, 1.807) is 17.8 Å². The zero-order valence-electron chi connectivity index (χ0n) is 17.6. The normalized spacial score (nSPS) is 12.0. The average molecular weight is 526 g/mol. The molecule has 12 heteroatoms. The number of carboxylic acids is 1. The molecule has 0 aromatic heterocycles. The van der Waals surface area contributed by atoms with Crippen LogP contribution in [0.2, 0.25) is 5.02 Å². The van der Waals surface area contributed by atoms with E-state index in [9.17, 15) is 26.4 Å². The zero-order chi connectivity index (χ0) is 24.6. The molecule has 0 unspecified atom stereocenters. The fraction of sp³-hybridized carbons (Fsp3) is 0.381. The summed E-state index contributed by atoms with van der Waals surface area (Å²) in [6.07, 6.45) is -4.49. The Morgan fingerprint density at radius 2 is 1.91 bits per heavy atom. The maximum atomic E-state index is 13.0. The Bertz CT molecular complexity index is 1080. The zero-order valence-corrected chi connectivity index (χ0v) is 20.0. The summed E-state index contributed by atoms with van der Waals surface area (Å²) in [6.45, 7) is 2.40. The number of ether oxygens (including phenoxy) is 1. The van der Waals surface area contributed by atoms with Crippen LogP contribution in [0.15, 0.2) is 46.2 Å². The minimum atomic E-state index is -4.73. The number of alkyl halides is 3. The van der Waals surface area contributed by atoms with Crippen LogP contribution in [0.5, 0.6) is 5.75 Å². The minimum Gasteiger partial charge on any atom is -0.482 e. The molecule has 0 amide bonds. The van der Waals surface area contributed by atoms with Gasteiger partial charge in [-0.15, -0.1) is 11.8 Å². The molecule has 6 nitrogen and oxygen atoms in total. The van der Waals surface area contributed by atoms with Gasteiger partial charge in [-0.1, -0.05) is 11.6 Å². The number of hydrogen-bond acceptors (Lipinski definition) is 6. The van der Waals surface area contributed by atoms with Gasteiger partial charge in [0.25, 0.3) is 0 Å². The van der Waals surface area contributed by atoms with E-state index in [1.807, 2.05) is 19.1 Å². The Morgan fingerprint density at radius 1 is 1.18 bits per heavy atom. The van der Waals surface area contributed by atoms with Crippen LogP contribution in [0.1, 0.15) is 17.5 Å². The third-order valence-corrected chi connectivity index (χ3v) is 7.54. The summed E-state index contributed by atoms with van der Waals surface area (Å²) in [5.41, 5.74) is -0.354. The summed E-state index contributed by atoms with van der Waals surface area (Å²) in [5.74, 6) is -0.133. The molecule has 0 heterocycles. The topological polar surface area (TPSA) is 92.7 Å². The third kappa shape index (κ3) is 8.73. The van der Waals surface area contributed by atoms with Crippen molar-refractivity contribution in [2.24, 2.45) is 0 Å². The quantitative estimate of drug-likeness (QED) is 0.307. The molecular formula is C21H23ClF3NO5S2. The van der Waals surface area contributed by atoms with Crippen molar-refractivity contribution in [1.29, 1.82) is 0 Å². The molecule has 0 saturated heterocycles. The van der Waals surface area contributed by atoms with Gasteiger partial charge in [-0.25, -0.2) is 13.2 Å². The highest BCUT2D eigenvalue weighted by Gasteiger charge is 2.34. The predicted molar refractivity (Wildman–Crippen MR) is 121 cm³/mol. The second-order valence-corrected chi connectivity index (χ2v) is 10.7. The smallest absolute Gasteiger partial charge is 0.417 e. The first-order chi connectivity index (χ1) is 15.4. The SMILES string of the molecule is Cc1cc(SCCNCCCS(=O)(=O)c2ccc(Cl)c(C(F)(F)F)c2)ccc1OCC(=O)O. The van der Waals surface area contributed by atoms with Crippen LogP contribution >= 0.6 is 23.4 Å². The van der Waals surface area contributed by atoms with Gasteiger partial charge in [0, 0.05) is 17.2 Å². The molecule has 0 atom stereocenters. The molecule has 182 valence electrons. The van der Waals surface area contributed by atoms with Gasteiger partial charge in [-0.3, -0.25) is 0 Å². The van der Waals surface area contributed by atoms with Gasteiger partial charge >= 0.3 is 12.1 Å². The lowest BCUT2D eigenvalue weighted by atomic mass is 10.2. The van der Waals surface area contributed by atoms with Crippen LogP contribution in [0.3, 0.4) is 0 Å². The van der Waals surface area contributed by atoms with Gasteiger partial charge in [0.05, 0.1) is 21.2 Å². The molecule has 0 spiro atoms. The van der Waals surface area contributed by atoms with Crippen molar-refractivity contribution in [1.82, 2.24) is 5.32 Å². The fourth-order valence-corrected chi connectivity index (χ4v) is 5.26. The van der Waals surface area contributed by atoms with Crippen molar-refractivity contribution in [2.45, 2.75) is 29.3 Å². The first-order valence-corrected chi connectivity index (χ1v) is 12.8. The summed E-state index contributed by atoms with van der Waals surface area (Å²) in [4.78, 5) is 11.1. The van der Waals surface area contributed by atoms with E-state index in [4.69, 9.17) is 21.4 Å². The molecule has 0 aliphatic heterocycles. The van der Waals surface area contributed by atoms with E-state index >= 15 is 0 Å². The molecule has 2 aromatic rings. The third-order valence-electron chi connectivity index (χ3n) is 4.41. The molecule has 2 aromatic carbocycles. The second-order valence-electron chi connectivity index (χ2n) is 7.02. The monoisotopic (exact) mass is 525 g/mol.